The lowest BCUT2D eigenvalue weighted by molar-refractivity contribution is -0.113. The highest BCUT2D eigenvalue weighted by atomic mass is 35.5. The van der Waals surface area contributed by atoms with Gasteiger partial charge in [0.2, 0.25) is 5.91 Å². The Bertz CT molecular complexity index is 327. The molecule has 1 N–H and O–H groups in total. The molecule has 1 rings (SSSR count). The summed E-state index contributed by atoms with van der Waals surface area (Å²) in [7, 11) is 0. The predicted molar refractivity (Wildman–Crippen MR) is 58.7 cm³/mol. The van der Waals surface area contributed by atoms with Gasteiger partial charge in [0.05, 0.1) is 5.75 Å². The number of thiol groups is 1. The van der Waals surface area contributed by atoms with Gasteiger partial charge in [0.15, 0.2) is 0 Å². The number of anilines is 1. The van der Waals surface area contributed by atoms with E-state index in [0.717, 1.165) is 5.56 Å². The minimum atomic E-state index is -0.136. The molecule has 0 aromatic heterocycles. The SMILES string of the molecule is Cc1ccc(NC(=O)CS)cc1Cl. The van der Waals surface area contributed by atoms with Crippen molar-refractivity contribution in [1.29, 1.82) is 0 Å². The number of carbonyl (C=O) groups excluding carboxylic acids is 1. The molecule has 0 saturated heterocycles. The van der Waals surface area contributed by atoms with Crippen LogP contribution in [0.3, 0.4) is 0 Å². The van der Waals surface area contributed by atoms with Crippen LogP contribution in [0, 0.1) is 6.92 Å². The van der Waals surface area contributed by atoms with Gasteiger partial charge in [-0.15, -0.1) is 0 Å². The number of aryl methyl sites for hydroxylation is 1. The van der Waals surface area contributed by atoms with Crippen molar-refractivity contribution in [2.24, 2.45) is 0 Å². The average Bonchev–Trinajstić information content (AvgIpc) is 2.11. The first-order valence-electron chi connectivity index (χ1n) is 3.80. The lowest BCUT2D eigenvalue weighted by Crippen LogP contribution is -2.12. The van der Waals surface area contributed by atoms with Crippen molar-refractivity contribution in [3.8, 4) is 0 Å². The van der Waals surface area contributed by atoms with Gasteiger partial charge in [0.25, 0.3) is 0 Å². The molecule has 1 amide bonds. The van der Waals surface area contributed by atoms with Crippen molar-refractivity contribution in [1.82, 2.24) is 0 Å². The average molecular weight is 216 g/mol. The maximum Gasteiger partial charge on any atom is 0.234 e. The Hall–Kier alpha value is -0.670. The number of rotatable bonds is 2. The molecule has 0 unspecified atom stereocenters. The van der Waals surface area contributed by atoms with E-state index in [1.807, 2.05) is 19.1 Å². The van der Waals surface area contributed by atoms with Crippen LogP contribution in [0.2, 0.25) is 5.02 Å². The quantitative estimate of drug-likeness (QED) is 0.730. The highest BCUT2D eigenvalue weighted by Gasteiger charge is 2.00. The summed E-state index contributed by atoms with van der Waals surface area (Å²) in [6.45, 7) is 1.91. The minimum absolute atomic E-state index is 0.136. The summed E-state index contributed by atoms with van der Waals surface area (Å²) in [5.74, 6) is 0.0362. The second-order valence-electron chi connectivity index (χ2n) is 2.67. The van der Waals surface area contributed by atoms with E-state index in [0.29, 0.717) is 10.7 Å². The van der Waals surface area contributed by atoms with Crippen molar-refractivity contribution in [3.63, 3.8) is 0 Å². The monoisotopic (exact) mass is 215 g/mol. The first-order valence-corrected chi connectivity index (χ1v) is 4.81. The molecule has 13 heavy (non-hydrogen) atoms. The first kappa shape index (κ1) is 10.4. The Kier molecular flexibility index (Phi) is 3.63. The molecule has 0 aliphatic carbocycles. The van der Waals surface area contributed by atoms with E-state index < -0.39 is 0 Å². The van der Waals surface area contributed by atoms with E-state index in [1.165, 1.54) is 0 Å². The van der Waals surface area contributed by atoms with Crippen LogP contribution in [0.1, 0.15) is 5.56 Å². The van der Waals surface area contributed by atoms with Crippen LogP contribution < -0.4 is 5.32 Å². The van der Waals surface area contributed by atoms with Crippen molar-refractivity contribution in [2.75, 3.05) is 11.1 Å². The van der Waals surface area contributed by atoms with Gasteiger partial charge in [-0.2, -0.15) is 12.6 Å². The normalized spacial score (nSPS) is 9.77. The molecule has 2 nitrogen and oxygen atoms in total. The fourth-order valence-corrected chi connectivity index (χ4v) is 1.13. The fourth-order valence-electron chi connectivity index (χ4n) is 0.871. The van der Waals surface area contributed by atoms with Crippen molar-refractivity contribution in [2.45, 2.75) is 6.92 Å². The molecular weight excluding hydrogens is 206 g/mol. The Morgan fingerprint density at radius 1 is 1.62 bits per heavy atom. The number of hydrogen-bond acceptors (Lipinski definition) is 2. The Morgan fingerprint density at radius 3 is 2.85 bits per heavy atom. The Labute approximate surface area is 87.7 Å². The third-order valence-corrected chi connectivity index (χ3v) is 2.29. The molecule has 0 aliphatic heterocycles. The molecule has 4 heteroatoms. The van der Waals surface area contributed by atoms with Crippen LogP contribution in [0.5, 0.6) is 0 Å². The number of nitrogens with one attached hydrogen (secondary N) is 1. The van der Waals surface area contributed by atoms with Crippen molar-refractivity contribution < 1.29 is 4.79 Å². The number of hydrogen-bond donors (Lipinski definition) is 2. The second-order valence-corrected chi connectivity index (χ2v) is 3.39. The molecule has 0 spiro atoms. The van der Waals surface area contributed by atoms with Gasteiger partial charge in [-0.3, -0.25) is 4.79 Å². The van der Waals surface area contributed by atoms with E-state index in [2.05, 4.69) is 17.9 Å². The summed E-state index contributed by atoms with van der Waals surface area (Å²) < 4.78 is 0. The molecule has 70 valence electrons. The molecule has 0 fully saturated rings. The van der Waals surface area contributed by atoms with Gasteiger partial charge in [-0.25, -0.2) is 0 Å². The molecular formula is C9H10ClNOS. The number of halogens is 1. The second kappa shape index (κ2) is 4.53. The molecule has 0 radical (unpaired) electrons. The molecule has 0 aliphatic rings. The highest BCUT2D eigenvalue weighted by Crippen LogP contribution is 2.19. The van der Waals surface area contributed by atoms with Gasteiger partial charge in [-0.05, 0) is 24.6 Å². The largest absolute Gasteiger partial charge is 0.325 e. The van der Waals surface area contributed by atoms with Gasteiger partial charge >= 0.3 is 0 Å². The number of amides is 1. The maximum atomic E-state index is 10.9. The summed E-state index contributed by atoms with van der Waals surface area (Å²) in [6, 6.07) is 5.39. The van der Waals surface area contributed by atoms with Crippen LogP contribution in [-0.4, -0.2) is 11.7 Å². The standard InChI is InChI=1S/C9H10ClNOS/c1-6-2-3-7(4-8(6)10)11-9(12)5-13/h2-4,13H,5H2,1H3,(H,11,12). The van der Waals surface area contributed by atoms with Crippen LogP contribution in [0.15, 0.2) is 18.2 Å². The number of carbonyl (C=O) groups is 1. The summed E-state index contributed by atoms with van der Waals surface area (Å²) in [4.78, 5) is 10.9. The van der Waals surface area contributed by atoms with E-state index >= 15 is 0 Å². The highest BCUT2D eigenvalue weighted by molar-refractivity contribution is 7.81. The van der Waals surface area contributed by atoms with Crippen LogP contribution >= 0.6 is 24.2 Å². The Balaban J connectivity index is 2.79. The zero-order valence-corrected chi connectivity index (χ0v) is 8.82. The first-order chi connectivity index (χ1) is 6.13. The lowest BCUT2D eigenvalue weighted by Gasteiger charge is -2.04. The third kappa shape index (κ3) is 2.94. The van der Waals surface area contributed by atoms with Crippen molar-refractivity contribution >= 4 is 35.8 Å². The summed E-state index contributed by atoms with van der Waals surface area (Å²) in [6.07, 6.45) is 0. The topological polar surface area (TPSA) is 29.1 Å². The van der Waals surface area contributed by atoms with Crippen molar-refractivity contribution in [3.05, 3.63) is 28.8 Å². The molecule has 1 aromatic rings. The Morgan fingerprint density at radius 2 is 2.31 bits per heavy atom. The van der Waals surface area contributed by atoms with E-state index in [1.54, 1.807) is 6.07 Å². The molecule has 0 saturated carbocycles. The van der Waals surface area contributed by atoms with E-state index in [9.17, 15) is 4.79 Å². The van der Waals surface area contributed by atoms with Gasteiger partial charge in [0, 0.05) is 10.7 Å². The zero-order chi connectivity index (χ0) is 9.84. The van der Waals surface area contributed by atoms with Crippen LogP contribution in [-0.2, 0) is 4.79 Å². The lowest BCUT2D eigenvalue weighted by atomic mass is 10.2. The van der Waals surface area contributed by atoms with Crippen LogP contribution in [0.25, 0.3) is 0 Å². The summed E-state index contributed by atoms with van der Waals surface area (Å²) in [5, 5.41) is 3.31. The van der Waals surface area contributed by atoms with Gasteiger partial charge in [-0.1, -0.05) is 17.7 Å². The zero-order valence-electron chi connectivity index (χ0n) is 7.17. The molecule has 0 heterocycles. The van der Waals surface area contributed by atoms with Gasteiger partial charge < -0.3 is 5.32 Å². The summed E-state index contributed by atoms with van der Waals surface area (Å²) >= 11 is 9.72. The molecule has 1 aromatic carbocycles. The molecule has 0 atom stereocenters. The van der Waals surface area contributed by atoms with Gasteiger partial charge in [0.1, 0.15) is 0 Å². The summed E-state index contributed by atoms with van der Waals surface area (Å²) in [5.41, 5.74) is 1.69. The van der Waals surface area contributed by atoms with E-state index in [-0.39, 0.29) is 11.7 Å². The third-order valence-electron chi connectivity index (χ3n) is 1.60. The molecule has 0 bridgehead atoms. The fraction of sp³-hybridized carbons (Fsp3) is 0.222. The van der Waals surface area contributed by atoms with E-state index in [4.69, 9.17) is 11.6 Å². The number of benzene rings is 1. The predicted octanol–water partition coefficient (Wildman–Crippen LogP) is 2.52. The smallest absolute Gasteiger partial charge is 0.234 e. The minimum Gasteiger partial charge on any atom is -0.325 e. The van der Waals surface area contributed by atoms with Crippen LogP contribution in [0.4, 0.5) is 5.69 Å². The maximum absolute atomic E-state index is 10.9.